The summed E-state index contributed by atoms with van der Waals surface area (Å²) in [7, 11) is 1.67. The average Bonchev–Trinajstić information content (AvgIpc) is 3.40. The Kier molecular flexibility index (Phi) is 5.02. The second kappa shape index (κ2) is 7.85. The molecule has 1 saturated heterocycles. The first-order valence-electron chi connectivity index (χ1n) is 10.7. The molecule has 160 valence electrons. The molecule has 6 nitrogen and oxygen atoms in total. The van der Waals surface area contributed by atoms with Crippen molar-refractivity contribution in [3.8, 4) is 17.0 Å². The van der Waals surface area contributed by atoms with Crippen LogP contribution in [0.1, 0.15) is 23.4 Å². The Bertz CT molecular complexity index is 1110. The van der Waals surface area contributed by atoms with Gasteiger partial charge in [0.25, 0.3) is 0 Å². The number of carbonyl (C=O) groups excluding carboxylic acids is 1. The number of benzene rings is 2. The zero-order valence-electron chi connectivity index (χ0n) is 18.0. The van der Waals surface area contributed by atoms with Crippen molar-refractivity contribution in [2.75, 3.05) is 20.2 Å². The zero-order chi connectivity index (χ0) is 21.4. The van der Waals surface area contributed by atoms with E-state index in [1.165, 1.54) is 0 Å². The molecule has 2 aliphatic rings. The van der Waals surface area contributed by atoms with Crippen LogP contribution in [-0.4, -0.2) is 46.2 Å². The predicted molar refractivity (Wildman–Crippen MR) is 118 cm³/mol. The number of rotatable bonds is 4. The molecule has 3 heterocycles. The third kappa shape index (κ3) is 3.72. The molecule has 0 aliphatic carbocycles. The van der Waals surface area contributed by atoms with Crippen molar-refractivity contribution in [2.24, 2.45) is 0 Å². The monoisotopic (exact) mass is 417 g/mol. The highest BCUT2D eigenvalue weighted by Gasteiger charge is 2.44. The molecule has 0 unspecified atom stereocenters. The van der Waals surface area contributed by atoms with Crippen LogP contribution in [0.15, 0.2) is 54.7 Å². The molecule has 3 aromatic rings. The number of fused-ring (bicyclic) bond motifs is 1. The Morgan fingerprint density at radius 2 is 1.97 bits per heavy atom. The summed E-state index contributed by atoms with van der Waals surface area (Å²) in [6.45, 7) is 4.58. The Labute approximate surface area is 182 Å². The van der Waals surface area contributed by atoms with Crippen LogP contribution in [-0.2, 0) is 29.1 Å². The molecule has 2 aliphatic heterocycles. The van der Waals surface area contributed by atoms with Crippen molar-refractivity contribution in [2.45, 2.75) is 38.5 Å². The smallest absolute Gasteiger partial charge is 0.227 e. The number of ether oxygens (including phenoxy) is 2. The third-order valence-corrected chi connectivity index (χ3v) is 6.55. The number of nitrogens with zero attached hydrogens (tertiary/aromatic N) is 3. The maximum atomic E-state index is 13.0. The summed E-state index contributed by atoms with van der Waals surface area (Å²) in [6, 6.07) is 16.1. The van der Waals surface area contributed by atoms with E-state index in [0.29, 0.717) is 26.1 Å². The molecule has 0 radical (unpaired) electrons. The van der Waals surface area contributed by atoms with Gasteiger partial charge >= 0.3 is 0 Å². The van der Waals surface area contributed by atoms with E-state index in [-0.39, 0.29) is 11.5 Å². The van der Waals surface area contributed by atoms with Crippen LogP contribution in [0.25, 0.3) is 11.3 Å². The summed E-state index contributed by atoms with van der Waals surface area (Å²) in [5.41, 5.74) is 4.07. The van der Waals surface area contributed by atoms with Crippen LogP contribution in [0.4, 0.5) is 0 Å². The molecule has 1 amide bonds. The lowest BCUT2D eigenvalue weighted by Crippen LogP contribution is -2.45. The molecule has 31 heavy (non-hydrogen) atoms. The maximum Gasteiger partial charge on any atom is 0.227 e. The van der Waals surface area contributed by atoms with Gasteiger partial charge in [-0.3, -0.25) is 4.79 Å². The topological polar surface area (TPSA) is 56.6 Å². The van der Waals surface area contributed by atoms with Crippen molar-refractivity contribution in [3.63, 3.8) is 0 Å². The second-order valence-electron chi connectivity index (χ2n) is 8.51. The quantitative estimate of drug-likeness (QED) is 0.651. The van der Waals surface area contributed by atoms with Gasteiger partial charge in [0, 0.05) is 12.1 Å². The minimum atomic E-state index is -0.351. The van der Waals surface area contributed by atoms with E-state index in [1.54, 1.807) is 7.11 Å². The lowest BCUT2D eigenvalue weighted by molar-refractivity contribution is -0.132. The Morgan fingerprint density at radius 3 is 2.74 bits per heavy atom. The molecule has 1 spiro atoms. The summed E-state index contributed by atoms with van der Waals surface area (Å²) in [4.78, 5) is 19.5. The number of aryl methyl sites for hydroxylation is 1. The fraction of sp³-hybridized carbons (Fsp3) is 0.360. The van der Waals surface area contributed by atoms with Gasteiger partial charge in [-0.15, -0.1) is 0 Å². The molecule has 2 aromatic carbocycles. The average molecular weight is 418 g/mol. The van der Waals surface area contributed by atoms with Crippen molar-refractivity contribution < 1.29 is 14.3 Å². The molecule has 6 heteroatoms. The first kappa shape index (κ1) is 19.8. The predicted octanol–water partition coefficient (Wildman–Crippen LogP) is 3.61. The van der Waals surface area contributed by atoms with Crippen molar-refractivity contribution >= 4 is 5.91 Å². The molecular formula is C25H27N3O3. The maximum absolute atomic E-state index is 13.0. The molecule has 1 aromatic heterocycles. The number of carbonyl (C=O) groups is 1. The number of likely N-dealkylation sites (tertiary alicyclic amines) is 1. The standard InChI is InChI=1S/C25H27N3O3/c1-18-5-3-4-6-20(18)13-24(29)27-12-11-25(16-27)17-28-22(14-26-23(28)15-31-25)19-7-9-21(30-2)10-8-19/h3-10,14H,11-13,15-17H2,1-2H3/t25-/m1/s1. The van der Waals surface area contributed by atoms with Gasteiger partial charge in [0.2, 0.25) is 5.91 Å². The molecule has 1 atom stereocenters. The van der Waals surface area contributed by atoms with Gasteiger partial charge < -0.3 is 18.9 Å². The van der Waals surface area contributed by atoms with Gasteiger partial charge in [-0.2, -0.15) is 0 Å². The fourth-order valence-corrected chi connectivity index (χ4v) is 4.64. The van der Waals surface area contributed by atoms with Gasteiger partial charge in [0.1, 0.15) is 23.8 Å². The minimum Gasteiger partial charge on any atom is -0.497 e. The zero-order valence-corrected chi connectivity index (χ0v) is 18.0. The van der Waals surface area contributed by atoms with E-state index in [2.05, 4.69) is 34.7 Å². The van der Waals surface area contributed by atoms with Gasteiger partial charge in [0.05, 0.1) is 38.5 Å². The van der Waals surface area contributed by atoms with Crippen molar-refractivity contribution in [1.82, 2.24) is 14.5 Å². The Balaban J connectivity index is 1.33. The van der Waals surface area contributed by atoms with Crippen LogP contribution in [0.2, 0.25) is 0 Å². The summed E-state index contributed by atoms with van der Waals surface area (Å²) in [5.74, 6) is 1.93. The Hall–Kier alpha value is -3.12. The number of methoxy groups -OCH3 is 1. The molecule has 0 N–H and O–H groups in total. The highest BCUT2D eigenvalue weighted by Crippen LogP contribution is 2.35. The van der Waals surface area contributed by atoms with Crippen LogP contribution in [0.3, 0.4) is 0 Å². The lowest BCUT2D eigenvalue weighted by Gasteiger charge is -2.35. The SMILES string of the molecule is COc1ccc(-c2cnc3n2C[C@]2(CCN(C(=O)Cc4ccccc4C)C2)OC3)cc1. The third-order valence-electron chi connectivity index (χ3n) is 6.55. The first-order chi connectivity index (χ1) is 15.1. The largest absolute Gasteiger partial charge is 0.497 e. The fourth-order valence-electron chi connectivity index (χ4n) is 4.64. The van der Waals surface area contributed by atoms with Crippen molar-refractivity contribution in [3.05, 3.63) is 71.7 Å². The number of amides is 1. The van der Waals surface area contributed by atoms with E-state index in [0.717, 1.165) is 46.9 Å². The van der Waals surface area contributed by atoms with E-state index in [4.69, 9.17) is 9.47 Å². The summed E-state index contributed by atoms with van der Waals surface area (Å²) < 4.78 is 13.8. The van der Waals surface area contributed by atoms with Crippen LogP contribution in [0, 0.1) is 6.92 Å². The first-order valence-corrected chi connectivity index (χ1v) is 10.7. The normalized spacial score (nSPS) is 20.1. The lowest BCUT2D eigenvalue weighted by atomic mass is 10.0. The van der Waals surface area contributed by atoms with Crippen LogP contribution < -0.4 is 4.74 Å². The van der Waals surface area contributed by atoms with E-state index >= 15 is 0 Å². The van der Waals surface area contributed by atoms with Crippen molar-refractivity contribution in [1.29, 1.82) is 0 Å². The van der Waals surface area contributed by atoms with E-state index in [1.807, 2.05) is 41.4 Å². The van der Waals surface area contributed by atoms with Gasteiger partial charge in [-0.1, -0.05) is 24.3 Å². The highest BCUT2D eigenvalue weighted by atomic mass is 16.5. The van der Waals surface area contributed by atoms with Gasteiger partial charge in [0.15, 0.2) is 0 Å². The number of hydrogen-bond donors (Lipinski definition) is 0. The molecular weight excluding hydrogens is 390 g/mol. The van der Waals surface area contributed by atoms with E-state index in [9.17, 15) is 4.79 Å². The van der Waals surface area contributed by atoms with Gasteiger partial charge in [-0.05, 0) is 48.7 Å². The van der Waals surface area contributed by atoms with Gasteiger partial charge in [-0.25, -0.2) is 4.98 Å². The molecule has 1 fully saturated rings. The molecule has 0 saturated carbocycles. The number of imidazole rings is 1. The number of hydrogen-bond acceptors (Lipinski definition) is 4. The number of aromatic nitrogens is 2. The summed E-state index contributed by atoms with van der Waals surface area (Å²) in [5, 5.41) is 0. The van der Waals surface area contributed by atoms with E-state index < -0.39 is 0 Å². The van der Waals surface area contributed by atoms with Crippen LogP contribution in [0.5, 0.6) is 5.75 Å². The molecule has 0 bridgehead atoms. The van der Waals surface area contributed by atoms with Crippen LogP contribution >= 0.6 is 0 Å². The second-order valence-corrected chi connectivity index (χ2v) is 8.51. The Morgan fingerprint density at radius 1 is 1.16 bits per heavy atom. The minimum absolute atomic E-state index is 0.168. The summed E-state index contributed by atoms with van der Waals surface area (Å²) in [6.07, 6.45) is 3.19. The summed E-state index contributed by atoms with van der Waals surface area (Å²) >= 11 is 0. The highest BCUT2D eigenvalue weighted by molar-refractivity contribution is 5.79. The molecule has 5 rings (SSSR count).